The highest BCUT2D eigenvalue weighted by Crippen LogP contribution is 2.50. The van der Waals surface area contributed by atoms with E-state index in [0.717, 1.165) is 19.2 Å². The van der Waals surface area contributed by atoms with Crippen LogP contribution in [0.5, 0.6) is 0 Å². The van der Waals surface area contributed by atoms with Gasteiger partial charge in [0, 0.05) is 18.2 Å². The van der Waals surface area contributed by atoms with Crippen LogP contribution in [0.15, 0.2) is 28.8 Å². The lowest BCUT2D eigenvalue weighted by Crippen LogP contribution is -2.53. The maximum absolute atomic E-state index is 12.9. The Bertz CT molecular complexity index is 827. The number of esters is 1. The number of carbonyl (C=O) groups is 1. The number of carbonyl (C=O) groups excluding carboxylic acids is 1. The molecule has 0 aliphatic carbocycles. The van der Waals surface area contributed by atoms with E-state index in [1.807, 2.05) is 0 Å². The van der Waals surface area contributed by atoms with Gasteiger partial charge in [-0.15, -0.1) is 0 Å². The highest BCUT2D eigenvalue weighted by atomic mass is 19.4. The summed E-state index contributed by atoms with van der Waals surface area (Å²) in [5.41, 5.74) is -6.92. The Labute approximate surface area is 153 Å². The fourth-order valence-corrected chi connectivity index (χ4v) is 2.42. The summed E-state index contributed by atoms with van der Waals surface area (Å²) < 4.78 is 92.0. The molecular formula is C16H13F6NO5. The van der Waals surface area contributed by atoms with Crippen molar-refractivity contribution in [1.82, 2.24) is 5.16 Å². The molecule has 0 aliphatic heterocycles. The zero-order chi connectivity index (χ0) is 21.3. The SMILES string of the molecule is COCc1onc(-c2ccc(C(O)(C(F)(F)F)C(F)(F)F)cc2)c1C(=O)OC. The predicted molar refractivity (Wildman–Crippen MR) is 80.0 cm³/mol. The van der Waals surface area contributed by atoms with Crippen LogP contribution in [0.1, 0.15) is 21.7 Å². The number of hydrogen-bond acceptors (Lipinski definition) is 6. The minimum absolute atomic E-state index is 0.0399. The molecule has 28 heavy (non-hydrogen) atoms. The molecule has 0 radical (unpaired) electrons. The van der Waals surface area contributed by atoms with E-state index in [2.05, 4.69) is 9.89 Å². The molecule has 1 heterocycles. The van der Waals surface area contributed by atoms with Crippen molar-refractivity contribution in [3.05, 3.63) is 41.2 Å². The van der Waals surface area contributed by atoms with E-state index >= 15 is 0 Å². The second-order valence-corrected chi connectivity index (χ2v) is 5.54. The van der Waals surface area contributed by atoms with Gasteiger partial charge in [0.2, 0.25) is 0 Å². The molecule has 0 unspecified atom stereocenters. The first-order chi connectivity index (χ1) is 12.9. The van der Waals surface area contributed by atoms with Crippen LogP contribution in [0.2, 0.25) is 0 Å². The van der Waals surface area contributed by atoms with Gasteiger partial charge < -0.3 is 19.1 Å². The first kappa shape index (κ1) is 21.7. The number of alkyl halides is 6. The molecule has 0 amide bonds. The summed E-state index contributed by atoms with van der Waals surface area (Å²) in [4.78, 5) is 11.9. The summed E-state index contributed by atoms with van der Waals surface area (Å²) in [7, 11) is 2.36. The van der Waals surface area contributed by atoms with Crippen molar-refractivity contribution in [3.8, 4) is 11.3 Å². The smallest absolute Gasteiger partial charge is 0.430 e. The summed E-state index contributed by atoms with van der Waals surface area (Å²) >= 11 is 0. The molecule has 1 aromatic carbocycles. The highest BCUT2D eigenvalue weighted by molar-refractivity contribution is 5.97. The molecule has 2 rings (SSSR count). The third-order valence-corrected chi connectivity index (χ3v) is 3.82. The zero-order valence-corrected chi connectivity index (χ0v) is 14.3. The number of halogens is 6. The number of hydrogen-bond donors (Lipinski definition) is 1. The maximum atomic E-state index is 12.9. The van der Waals surface area contributed by atoms with Gasteiger partial charge in [0.25, 0.3) is 5.60 Å². The Balaban J connectivity index is 2.55. The molecule has 0 saturated carbocycles. The van der Waals surface area contributed by atoms with Crippen molar-refractivity contribution in [3.63, 3.8) is 0 Å². The fraction of sp³-hybridized carbons (Fsp3) is 0.375. The number of ether oxygens (including phenoxy) is 2. The normalized spacial score (nSPS) is 12.9. The van der Waals surface area contributed by atoms with Gasteiger partial charge >= 0.3 is 18.3 Å². The molecule has 1 N–H and O–H groups in total. The lowest BCUT2D eigenvalue weighted by molar-refractivity contribution is -0.376. The molecule has 0 bridgehead atoms. The monoisotopic (exact) mass is 413 g/mol. The van der Waals surface area contributed by atoms with Crippen LogP contribution in [0, 0.1) is 0 Å². The number of aliphatic hydroxyl groups is 1. The predicted octanol–water partition coefficient (Wildman–Crippen LogP) is 3.59. The van der Waals surface area contributed by atoms with Gasteiger partial charge in [0.05, 0.1) is 7.11 Å². The van der Waals surface area contributed by atoms with Crippen molar-refractivity contribution in [2.45, 2.75) is 24.6 Å². The van der Waals surface area contributed by atoms with Crippen molar-refractivity contribution in [1.29, 1.82) is 0 Å². The first-order valence-corrected chi connectivity index (χ1v) is 7.41. The Kier molecular flexibility index (Phi) is 5.76. The molecule has 0 spiro atoms. The average molecular weight is 413 g/mol. The second kappa shape index (κ2) is 7.43. The molecule has 12 heteroatoms. The number of rotatable bonds is 5. The lowest BCUT2D eigenvalue weighted by Gasteiger charge is -2.32. The summed E-state index contributed by atoms with van der Waals surface area (Å²) in [6.07, 6.45) is -12.0. The van der Waals surface area contributed by atoms with Crippen LogP contribution in [0.25, 0.3) is 11.3 Å². The van der Waals surface area contributed by atoms with Gasteiger partial charge in [-0.3, -0.25) is 0 Å². The van der Waals surface area contributed by atoms with E-state index in [9.17, 15) is 36.2 Å². The molecule has 0 fully saturated rings. The Morgan fingerprint density at radius 2 is 1.61 bits per heavy atom. The van der Waals surface area contributed by atoms with Gasteiger partial charge in [-0.2, -0.15) is 26.3 Å². The van der Waals surface area contributed by atoms with Gasteiger partial charge in [-0.25, -0.2) is 4.79 Å². The zero-order valence-electron chi connectivity index (χ0n) is 14.3. The van der Waals surface area contributed by atoms with E-state index in [0.29, 0.717) is 12.1 Å². The topological polar surface area (TPSA) is 81.8 Å². The second-order valence-electron chi connectivity index (χ2n) is 5.54. The van der Waals surface area contributed by atoms with Crippen molar-refractivity contribution >= 4 is 5.97 Å². The number of nitrogens with zero attached hydrogens (tertiary/aromatic N) is 1. The fourth-order valence-electron chi connectivity index (χ4n) is 2.42. The molecule has 0 aliphatic rings. The third kappa shape index (κ3) is 3.56. The highest BCUT2D eigenvalue weighted by Gasteiger charge is 2.71. The Morgan fingerprint density at radius 1 is 1.07 bits per heavy atom. The Morgan fingerprint density at radius 3 is 2.04 bits per heavy atom. The minimum Gasteiger partial charge on any atom is -0.465 e. The van der Waals surface area contributed by atoms with Crippen molar-refractivity contribution in [2.24, 2.45) is 0 Å². The molecule has 154 valence electrons. The number of benzene rings is 1. The van der Waals surface area contributed by atoms with Crippen LogP contribution in [-0.4, -0.2) is 42.8 Å². The van der Waals surface area contributed by atoms with Gasteiger partial charge in [-0.05, 0) is 0 Å². The molecule has 2 aromatic rings. The molecule has 1 aromatic heterocycles. The van der Waals surface area contributed by atoms with Crippen molar-refractivity contribution in [2.75, 3.05) is 14.2 Å². The number of methoxy groups -OCH3 is 2. The first-order valence-electron chi connectivity index (χ1n) is 7.41. The van der Waals surface area contributed by atoms with Crippen LogP contribution >= 0.6 is 0 Å². The van der Waals surface area contributed by atoms with E-state index in [1.165, 1.54) is 7.11 Å². The van der Waals surface area contributed by atoms with Crippen LogP contribution < -0.4 is 0 Å². The molecular weight excluding hydrogens is 400 g/mol. The summed E-state index contributed by atoms with van der Waals surface area (Å²) in [5.74, 6) is -0.940. The summed E-state index contributed by atoms with van der Waals surface area (Å²) in [6, 6.07) is 2.53. The molecule has 6 nitrogen and oxygen atoms in total. The number of aromatic nitrogens is 1. The standard InChI is InChI=1S/C16H13F6NO5/c1-26-7-10-11(13(24)27-2)12(23-28-10)8-3-5-9(6-4-8)14(25,15(17,18)19)16(20,21)22/h3-6,25H,7H2,1-2H3. The Hall–Kier alpha value is -2.60. The third-order valence-electron chi connectivity index (χ3n) is 3.82. The summed E-state index contributed by atoms with van der Waals surface area (Å²) in [5, 5.41) is 13.0. The van der Waals surface area contributed by atoms with E-state index in [-0.39, 0.29) is 29.2 Å². The largest absolute Gasteiger partial charge is 0.465 e. The quantitative estimate of drug-likeness (QED) is 0.596. The van der Waals surface area contributed by atoms with Gasteiger partial charge in [0.1, 0.15) is 17.9 Å². The maximum Gasteiger partial charge on any atom is 0.430 e. The van der Waals surface area contributed by atoms with Crippen LogP contribution in [-0.2, 0) is 21.7 Å². The van der Waals surface area contributed by atoms with Crippen molar-refractivity contribution < 1.29 is 50.2 Å². The minimum atomic E-state index is -6.01. The van der Waals surface area contributed by atoms with Crippen LogP contribution in [0.3, 0.4) is 0 Å². The van der Waals surface area contributed by atoms with Crippen LogP contribution in [0.4, 0.5) is 26.3 Å². The lowest BCUT2D eigenvalue weighted by atomic mass is 9.91. The molecule has 0 atom stereocenters. The van der Waals surface area contributed by atoms with Gasteiger partial charge in [-0.1, -0.05) is 29.4 Å². The summed E-state index contributed by atoms with van der Waals surface area (Å²) in [6.45, 7) is -0.183. The van der Waals surface area contributed by atoms with E-state index in [1.54, 1.807) is 0 Å². The van der Waals surface area contributed by atoms with E-state index in [4.69, 9.17) is 9.26 Å². The van der Waals surface area contributed by atoms with Gasteiger partial charge in [0.15, 0.2) is 5.76 Å². The van der Waals surface area contributed by atoms with E-state index < -0.39 is 29.5 Å². The average Bonchev–Trinajstić information content (AvgIpc) is 3.02. The molecule has 0 saturated heterocycles.